The van der Waals surface area contributed by atoms with Crippen LogP contribution < -0.4 is 10.2 Å². The third-order valence-electron chi connectivity index (χ3n) is 3.44. The Hall–Kier alpha value is -2.67. The van der Waals surface area contributed by atoms with Crippen molar-refractivity contribution in [1.82, 2.24) is 0 Å². The molecule has 2 amide bonds. The zero-order valence-electron chi connectivity index (χ0n) is 13.9. The quantitative estimate of drug-likeness (QED) is 0.819. The first-order valence-corrected chi connectivity index (χ1v) is 9.64. The van der Waals surface area contributed by atoms with Crippen molar-refractivity contribution in [3.05, 3.63) is 60.7 Å². The molecule has 0 fully saturated rings. The average molecular weight is 360 g/mol. The average Bonchev–Trinajstić information content (AvgIpc) is 2.56. The first-order valence-electron chi connectivity index (χ1n) is 7.82. The number of rotatable bonds is 7. The van der Waals surface area contributed by atoms with E-state index in [1.54, 1.807) is 61.5 Å². The summed E-state index contributed by atoms with van der Waals surface area (Å²) in [6.07, 6.45) is 0. The highest BCUT2D eigenvalue weighted by molar-refractivity contribution is 7.92. The molecule has 2 aromatic carbocycles. The fourth-order valence-corrected chi connectivity index (χ4v) is 3.45. The molecule has 0 aliphatic carbocycles. The summed E-state index contributed by atoms with van der Waals surface area (Å²) in [7, 11) is -3.87. The van der Waals surface area contributed by atoms with E-state index in [0.29, 0.717) is 17.9 Å². The molecule has 2 rings (SSSR count). The molecule has 0 aliphatic rings. The van der Waals surface area contributed by atoms with Crippen molar-refractivity contribution in [3.63, 3.8) is 0 Å². The number of amides is 2. The zero-order chi connectivity index (χ0) is 18.3. The highest BCUT2D eigenvalue weighted by Gasteiger charge is 2.24. The second-order valence-electron chi connectivity index (χ2n) is 5.42. The number of sulfone groups is 1. The molecule has 0 saturated carbocycles. The maximum atomic E-state index is 12.3. The molecule has 6 nitrogen and oxygen atoms in total. The molecule has 25 heavy (non-hydrogen) atoms. The van der Waals surface area contributed by atoms with Gasteiger partial charge in [0.1, 0.15) is 11.5 Å². The number of carbonyl (C=O) groups excluding carboxylic acids is 2. The molecule has 0 bridgehead atoms. The summed E-state index contributed by atoms with van der Waals surface area (Å²) in [6, 6.07) is 17.4. The fraction of sp³-hybridized carbons (Fsp3) is 0.222. The number of benzene rings is 2. The molecule has 0 saturated heterocycles. The van der Waals surface area contributed by atoms with Crippen LogP contribution >= 0.6 is 0 Å². The minimum atomic E-state index is -3.87. The predicted octanol–water partition coefficient (Wildman–Crippen LogP) is 2.09. The van der Waals surface area contributed by atoms with Crippen LogP contribution in [0.2, 0.25) is 0 Å². The Morgan fingerprint density at radius 1 is 0.920 bits per heavy atom. The van der Waals surface area contributed by atoms with Crippen molar-refractivity contribution < 1.29 is 18.0 Å². The van der Waals surface area contributed by atoms with E-state index in [2.05, 4.69) is 5.32 Å². The number of carbonyl (C=O) groups is 2. The number of nitrogens with one attached hydrogen (secondary N) is 1. The molecule has 132 valence electrons. The summed E-state index contributed by atoms with van der Waals surface area (Å²) >= 11 is 0. The van der Waals surface area contributed by atoms with Crippen molar-refractivity contribution in [2.24, 2.45) is 0 Å². The van der Waals surface area contributed by atoms with Crippen molar-refractivity contribution >= 4 is 33.0 Å². The Morgan fingerprint density at radius 3 is 2.04 bits per heavy atom. The number of nitrogens with zero attached hydrogens (tertiary/aromatic N) is 1. The third-order valence-corrected chi connectivity index (χ3v) is 4.83. The summed E-state index contributed by atoms with van der Waals surface area (Å²) < 4.78 is 24.4. The van der Waals surface area contributed by atoms with Gasteiger partial charge in [-0.1, -0.05) is 36.4 Å². The van der Waals surface area contributed by atoms with Gasteiger partial charge >= 0.3 is 0 Å². The van der Waals surface area contributed by atoms with Crippen molar-refractivity contribution in [2.45, 2.75) is 6.92 Å². The summed E-state index contributed by atoms with van der Waals surface area (Å²) in [5.74, 6) is -2.67. The molecule has 0 radical (unpaired) electrons. The number of para-hydroxylation sites is 2. The van der Waals surface area contributed by atoms with Crippen LogP contribution in [0.4, 0.5) is 11.4 Å². The van der Waals surface area contributed by atoms with E-state index in [1.165, 1.54) is 4.90 Å². The molecule has 1 N–H and O–H groups in total. The predicted molar refractivity (Wildman–Crippen MR) is 98.2 cm³/mol. The molecule has 0 heterocycles. The molecule has 2 aromatic rings. The van der Waals surface area contributed by atoms with Gasteiger partial charge in [0.05, 0.1) is 0 Å². The smallest absolute Gasteiger partial charge is 0.242 e. The van der Waals surface area contributed by atoms with Gasteiger partial charge in [0.15, 0.2) is 9.84 Å². The lowest BCUT2D eigenvalue weighted by atomic mass is 10.3. The van der Waals surface area contributed by atoms with Gasteiger partial charge in [0, 0.05) is 17.9 Å². The second kappa shape index (κ2) is 8.43. The van der Waals surface area contributed by atoms with Gasteiger partial charge in [-0.2, -0.15) is 0 Å². The van der Waals surface area contributed by atoms with E-state index in [4.69, 9.17) is 0 Å². The normalized spacial score (nSPS) is 10.9. The van der Waals surface area contributed by atoms with Gasteiger partial charge in [0.2, 0.25) is 11.8 Å². The Morgan fingerprint density at radius 2 is 1.48 bits per heavy atom. The standard InChI is InChI=1S/C18H20N2O4S/c1-2-20(16-11-7-4-8-12-16)18(22)14-25(23,24)13-17(21)19-15-9-5-3-6-10-15/h3-12H,2,13-14H2,1H3,(H,19,21). The molecule has 0 aliphatic heterocycles. The summed E-state index contributed by atoms with van der Waals surface area (Å²) in [6.45, 7) is 2.11. The van der Waals surface area contributed by atoms with Gasteiger partial charge in [-0.3, -0.25) is 9.59 Å². The Kier molecular flexibility index (Phi) is 6.30. The lowest BCUT2D eigenvalue weighted by Gasteiger charge is -2.20. The second-order valence-corrected chi connectivity index (χ2v) is 7.48. The topological polar surface area (TPSA) is 83.6 Å². The largest absolute Gasteiger partial charge is 0.325 e. The van der Waals surface area contributed by atoms with E-state index in [-0.39, 0.29) is 0 Å². The van der Waals surface area contributed by atoms with Gasteiger partial charge in [-0.15, -0.1) is 0 Å². The van der Waals surface area contributed by atoms with Gasteiger partial charge < -0.3 is 10.2 Å². The number of hydrogen-bond donors (Lipinski definition) is 1. The lowest BCUT2D eigenvalue weighted by Crippen LogP contribution is -2.37. The highest BCUT2D eigenvalue weighted by Crippen LogP contribution is 2.14. The number of hydrogen-bond acceptors (Lipinski definition) is 4. The number of anilines is 2. The van der Waals surface area contributed by atoms with E-state index in [0.717, 1.165) is 0 Å². The third kappa shape index (κ3) is 5.72. The van der Waals surface area contributed by atoms with E-state index in [1.807, 2.05) is 6.07 Å². The van der Waals surface area contributed by atoms with Crippen LogP contribution in [0.15, 0.2) is 60.7 Å². The van der Waals surface area contributed by atoms with E-state index >= 15 is 0 Å². The van der Waals surface area contributed by atoms with Crippen LogP contribution in [0, 0.1) is 0 Å². The summed E-state index contributed by atoms with van der Waals surface area (Å²) in [4.78, 5) is 25.6. The Balaban J connectivity index is 1.99. The Bertz CT molecular complexity index is 821. The van der Waals surface area contributed by atoms with Gasteiger partial charge in [0.25, 0.3) is 0 Å². The maximum Gasteiger partial charge on any atom is 0.242 e. The van der Waals surface area contributed by atoms with E-state index in [9.17, 15) is 18.0 Å². The first-order chi connectivity index (χ1) is 11.9. The summed E-state index contributed by atoms with van der Waals surface area (Å²) in [5, 5.41) is 2.50. The molecule has 0 spiro atoms. The van der Waals surface area contributed by atoms with Crippen LogP contribution in [0.5, 0.6) is 0 Å². The monoisotopic (exact) mass is 360 g/mol. The van der Waals surface area contributed by atoms with Gasteiger partial charge in [-0.25, -0.2) is 8.42 Å². The van der Waals surface area contributed by atoms with Crippen molar-refractivity contribution in [1.29, 1.82) is 0 Å². The zero-order valence-corrected chi connectivity index (χ0v) is 14.7. The van der Waals surface area contributed by atoms with E-state index < -0.39 is 33.2 Å². The van der Waals surface area contributed by atoms with Crippen LogP contribution in [-0.2, 0) is 19.4 Å². The molecular weight excluding hydrogens is 340 g/mol. The van der Waals surface area contributed by atoms with Gasteiger partial charge in [-0.05, 0) is 31.2 Å². The fourth-order valence-electron chi connectivity index (χ4n) is 2.35. The molecule has 0 aromatic heterocycles. The van der Waals surface area contributed by atoms with Crippen molar-refractivity contribution in [2.75, 3.05) is 28.3 Å². The lowest BCUT2D eigenvalue weighted by molar-refractivity contribution is -0.116. The van der Waals surface area contributed by atoms with Crippen LogP contribution in [0.3, 0.4) is 0 Å². The molecule has 7 heteroatoms. The highest BCUT2D eigenvalue weighted by atomic mass is 32.2. The Labute approximate surface area is 147 Å². The molecule has 0 unspecified atom stereocenters. The van der Waals surface area contributed by atoms with Crippen molar-refractivity contribution in [3.8, 4) is 0 Å². The summed E-state index contributed by atoms with van der Waals surface area (Å²) in [5.41, 5.74) is 1.13. The van der Waals surface area contributed by atoms with Crippen LogP contribution in [0.25, 0.3) is 0 Å². The maximum absolute atomic E-state index is 12.3. The van der Waals surface area contributed by atoms with Crippen LogP contribution in [0.1, 0.15) is 6.92 Å². The minimum absolute atomic E-state index is 0.342. The molecule has 0 atom stereocenters. The minimum Gasteiger partial charge on any atom is -0.325 e. The first kappa shape index (κ1) is 18.7. The molecular formula is C18H20N2O4S. The SMILES string of the molecule is CCN(C(=O)CS(=O)(=O)CC(=O)Nc1ccccc1)c1ccccc1. The van der Waals surface area contributed by atoms with Crippen LogP contribution in [-0.4, -0.2) is 38.3 Å².